The van der Waals surface area contributed by atoms with Crippen LogP contribution in [0.2, 0.25) is 0 Å². The fourth-order valence-electron chi connectivity index (χ4n) is 0.203. The van der Waals surface area contributed by atoms with Gasteiger partial charge in [-0.2, -0.15) is 0 Å². The van der Waals surface area contributed by atoms with Crippen LogP contribution in [0.25, 0.3) is 0 Å². The molecule has 0 aromatic rings. The van der Waals surface area contributed by atoms with E-state index in [0.717, 1.165) is 0 Å². The van der Waals surface area contributed by atoms with Gasteiger partial charge in [0.25, 0.3) is 0 Å². The van der Waals surface area contributed by atoms with Gasteiger partial charge in [-0.05, 0) is 6.92 Å². The summed E-state index contributed by atoms with van der Waals surface area (Å²) in [7, 11) is 0. The second-order valence-corrected chi connectivity index (χ2v) is 8.20. The minimum absolute atomic E-state index is 0.194. The number of alkyl halides is 16. The lowest BCUT2D eigenvalue weighted by Crippen LogP contribution is -1.95. The number of hydrogen-bond donors (Lipinski definition) is 0. The number of esters is 1. The molecular formula is C12H24Cl16O2. The number of hydrogen-bond acceptors (Lipinski definition) is 2. The molecule has 0 bridgehead atoms. The number of carbonyl (C=O) groups is 1. The molecule has 0 rings (SSSR count). The van der Waals surface area contributed by atoms with Crippen LogP contribution in [0, 0.1) is 0 Å². The average Bonchev–Trinajstić information content (AvgIpc) is 2.60. The monoisotopic (exact) mass is 760 g/mol. The van der Waals surface area contributed by atoms with Gasteiger partial charge in [-0.15, -0.1) is 186 Å². The summed E-state index contributed by atoms with van der Waals surface area (Å²) in [6, 6.07) is 0. The molecule has 0 aromatic heterocycles. The molecule has 2 nitrogen and oxygen atoms in total. The molecule has 18 heteroatoms. The minimum atomic E-state index is -0.211. The maximum atomic E-state index is 9.82. The Hall–Kier alpha value is 4.11. The Morgan fingerprint density at radius 3 is 0.567 bits per heavy atom. The Bertz CT molecular complexity index is 138. The Morgan fingerprint density at radius 1 is 0.467 bits per heavy atom. The highest BCUT2D eigenvalue weighted by molar-refractivity contribution is 6.42. The van der Waals surface area contributed by atoms with E-state index in [1.54, 1.807) is 6.92 Å². The molecule has 0 fully saturated rings. The number of carbonyl (C=O) groups excluding carboxylic acids is 1. The summed E-state index contributed by atoms with van der Waals surface area (Å²) in [6.45, 7) is 3.65. The van der Waals surface area contributed by atoms with Crippen molar-refractivity contribution in [2.24, 2.45) is 0 Å². The fraction of sp³-hybridized carbons (Fsp3) is 0.917. The van der Waals surface area contributed by atoms with Crippen molar-refractivity contribution in [3.63, 3.8) is 0 Å². The van der Waals surface area contributed by atoms with Gasteiger partial charge in [0, 0.05) is 6.92 Å². The lowest BCUT2D eigenvalue weighted by atomic mass is 10.8. The van der Waals surface area contributed by atoms with Crippen molar-refractivity contribution in [3.8, 4) is 0 Å². The third-order valence-corrected chi connectivity index (χ3v) is 0.348. The smallest absolute Gasteiger partial charge is 0.302 e. The van der Waals surface area contributed by atoms with Gasteiger partial charge < -0.3 is 4.74 Å². The Kier molecular flexibility index (Phi) is 231. The van der Waals surface area contributed by atoms with Gasteiger partial charge in [0.15, 0.2) is 0 Å². The third-order valence-electron chi connectivity index (χ3n) is 0.348. The highest BCUT2D eigenvalue weighted by Gasteiger charge is 1.81. The zero-order valence-corrected chi connectivity index (χ0v) is 27.8. The van der Waals surface area contributed by atoms with Crippen LogP contribution in [0.3, 0.4) is 0 Å². The first-order valence-corrected chi connectivity index (χ1v) is 14.7. The zero-order chi connectivity index (χ0) is 26.6. The Morgan fingerprint density at radius 2 is 0.567 bits per heavy atom. The summed E-state index contributed by atoms with van der Waals surface area (Å²) in [6.07, 6.45) is 0. The molecule has 0 unspecified atom stereocenters. The first-order valence-electron chi connectivity index (χ1n) is 6.18. The van der Waals surface area contributed by atoms with Crippen molar-refractivity contribution in [3.05, 3.63) is 0 Å². The van der Waals surface area contributed by atoms with E-state index in [1.807, 2.05) is 0 Å². The molecule has 0 saturated carbocycles. The van der Waals surface area contributed by atoms with Gasteiger partial charge in [0.1, 0.15) is 0 Å². The Labute approximate surface area is 261 Å². The second kappa shape index (κ2) is 117. The van der Waals surface area contributed by atoms with E-state index >= 15 is 0 Å². The van der Waals surface area contributed by atoms with Crippen LogP contribution in [0.1, 0.15) is 13.8 Å². The van der Waals surface area contributed by atoms with E-state index in [0.29, 0.717) is 6.61 Å². The molecule has 0 spiro atoms. The molecule has 0 saturated heterocycles. The summed E-state index contributed by atoms with van der Waals surface area (Å²) < 4.78 is 4.40. The van der Waals surface area contributed by atoms with Crippen molar-refractivity contribution in [1.82, 2.24) is 0 Å². The van der Waals surface area contributed by atoms with E-state index in [1.165, 1.54) is 6.92 Å². The predicted octanol–water partition coefficient (Wildman–Crippen LogP) is 11.9. The molecule has 0 aromatic carbocycles. The molecule has 0 aliphatic carbocycles. The van der Waals surface area contributed by atoms with E-state index < -0.39 is 0 Å². The van der Waals surface area contributed by atoms with E-state index in [9.17, 15) is 4.79 Å². The van der Waals surface area contributed by atoms with E-state index in [2.05, 4.69) is 4.74 Å². The first kappa shape index (κ1) is 59.3. The molecule has 0 aliphatic rings. The second-order valence-electron chi connectivity index (χ2n) is 1.73. The number of halogens is 16. The molecule has 0 atom stereocenters. The quantitative estimate of drug-likeness (QED) is 0.196. The molecule has 196 valence electrons. The van der Waals surface area contributed by atoms with Crippen molar-refractivity contribution in [2.75, 3.05) is 49.3 Å². The van der Waals surface area contributed by atoms with E-state index in [-0.39, 0.29) is 48.7 Å². The van der Waals surface area contributed by atoms with Crippen LogP contribution >= 0.6 is 186 Å². The minimum Gasteiger partial charge on any atom is -0.466 e. The van der Waals surface area contributed by atoms with Crippen molar-refractivity contribution in [2.45, 2.75) is 13.8 Å². The summed E-state index contributed by atoms with van der Waals surface area (Å²) in [5, 5.41) is 1.56. The zero-order valence-electron chi connectivity index (χ0n) is 15.7. The molecule has 0 radical (unpaired) electrons. The van der Waals surface area contributed by atoms with Crippen molar-refractivity contribution >= 4 is 192 Å². The van der Waals surface area contributed by atoms with Gasteiger partial charge in [-0.3, -0.25) is 4.79 Å². The topological polar surface area (TPSA) is 26.3 Å². The summed E-state index contributed by atoms with van der Waals surface area (Å²) in [4.78, 5) is 9.82. The molecule has 0 aliphatic heterocycles. The van der Waals surface area contributed by atoms with E-state index in [4.69, 9.17) is 186 Å². The molecule has 0 heterocycles. The normalized spacial score (nSPS) is 6.33. The van der Waals surface area contributed by atoms with Crippen LogP contribution in [-0.4, -0.2) is 55.3 Å². The maximum Gasteiger partial charge on any atom is 0.302 e. The van der Waals surface area contributed by atoms with Gasteiger partial charge in [0.05, 0.1) is 49.3 Å². The summed E-state index contributed by atoms with van der Waals surface area (Å²) >= 11 is 76.2. The van der Waals surface area contributed by atoms with Crippen LogP contribution in [-0.2, 0) is 9.53 Å². The molecule has 0 amide bonds. The highest BCUT2D eigenvalue weighted by Crippen LogP contribution is 1.75. The average molecular weight is 768 g/mol. The van der Waals surface area contributed by atoms with Crippen molar-refractivity contribution in [1.29, 1.82) is 0 Å². The lowest BCUT2D eigenvalue weighted by Gasteiger charge is -1.89. The molecule has 0 N–H and O–H groups in total. The van der Waals surface area contributed by atoms with Crippen LogP contribution < -0.4 is 0 Å². The van der Waals surface area contributed by atoms with Crippen molar-refractivity contribution < 1.29 is 9.53 Å². The fourth-order valence-corrected chi connectivity index (χ4v) is 0.203. The SMILES string of the molecule is CCOC(C)=O.ClCCl.ClCCl.ClCCl.ClCCl.ClCCl.ClCCl.ClCCl.ClCCl. The standard InChI is InChI=1S/C4H8O2.8CH2Cl2/c1-3-6-4(2)5;8*2-1-3/h3H2,1-2H3;8*1H2. The maximum absolute atomic E-state index is 9.82. The van der Waals surface area contributed by atoms with Gasteiger partial charge in [-0.1, -0.05) is 0 Å². The number of ether oxygens (including phenoxy) is 1. The molecular weight excluding hydrogens is 743 g/mol. The van der Waals surface area contributed by atoms with Gasteiger partial charge in [-0.25, -0.2) is 0 Å². The van der Waals surface area contributed by atoms with Crippen LogP contribution in [0.4, 0.5) is 0 Å². The third kappa shape index (κ3) is 615. The van der Waals surface area contributed by atoms with Crippen LogP contribution in [0.15, 0.2) is 0 Å². The van der Waals surface area contributed by atoms with Gasteiger partial charge >= 0.3 is 5.97 Å². The first-order chi connectivity index (χ1) is 14.1. The lowest BCUT2D eigenvalue weighted by molar-refractivity contribution is -0.140. The Balaban J connectivity index is -0.0000000240. The predicted molar refractivity (Wildman–Crippen MR) is 155 cm³/mol. The summed E-state index contributed by atoms with van der Waals surface area (Å²) in [5.41, 5.74) is 0. The summed E-state index contributed by atoms with van der Waals surface area (Å²) in [5.74, 6) is -0.211. The van der Waals surface area contributed by atoms with Crippen LogP contribution in [0.5, 0.6) is 0 Å². The highest BCUT2D eigenvalue weighted by atomic mass is 35.6. The largest absolute Gasteiger partial charge is 0.466 e. The molecule has 30 heavy (non-hydrogen) atoms. The van der Waals surface area contributed by atoms with Gasteiger partial charge in [0.2, 0.25) is 0 Å². The number of rotatable bonds is 1.